The fourth-order valence-corrected chi connectivity index (χ4v) is 3.87. The highest BCUT2D eigenvalue weighted by Gasteiger charge is 2.30. The summed E-state index contributed by atoms with van der Waals surface area (Å²) in [6, 6.07) is 9.12. The van der Waals surface area contributed by atoms with Gasteiger partial charge in [0, 0.05) is 16.1 Å². The quantitative estimate of drug-likeness (QED) is 0.526. The van der Waals surface area contributed by atoms with E-state index in [0.717, 1.165) is 12.1 Å². The molecule has 0 aliphatic heterocycles. The first-order valence-corrected chi connectivity index (χ1v) is 9.19. The maximum atomic E-state index is 13.9. The normalized spacial score (nSPS) is 11.8. The molecule has 0 aliphatic rings. The Bertz CT molecular complexity index is 918. The first-order valence-electron chi connectivity index (χ1n) is 7.99. The molecule has 0 spiro atoms. The largest absolute Gasteiger partial charge is 0.416 e. The molecule has 0 aliphatic carbocycles. The molecule has 8 heteroatoms. The fourth-order valence-electron chi connectivity index (χ4n) is 2.64. The van der Waals surface area contributed by atoms with Crippen LogP contribution in [-0.2, 0) is 25.6 Å². The molecule has 0 bridgehead atoms. The van der Waals surface area contributed by atoms with Crippen LogP contribution in [0, 0.1) is 5.82 Å². The number of hydrogen-bond acceptors (Lipinski definition) is 3. The summed E-state index contributed by atoms with van der Waals surface area (Å²) in [7, 11) is 0. The van der Waals surface area contributed by atoms with Crippen molar-refractivity contribution < 1.29 is 22.7 Å². The number of aliphatic hydroxyl groups is 1. The smallest absolute Gasteiger partial charge is 0.391 e. The Morgan fingerprint density at radius 2 is 1.74 bits per heavy atom. The Morgan fingerprint density at radius 3 is 2.33 bits per heavy atom. The van der Waals surface area contributed by atoms with Gasteiger partial charge in [-0.1, -0.05) is 29.8 Å². The van der Waals surface area contributed by atoms with Crippen LogP contribution >= 0.6 is 22.9 Å². The minimum Gasteiger partial charge on any atom is -0.391 e. The Kier molecular flexibility index (Phi) is 5.83. The summed E-state index contributed by atoms with van der Waals surface area (Å²) in [4.78, 5) is 5.02. The van der Waals surface area contributed by atoms with Crippen LogP contribution in [0.4, 0.5) is 17.6 Å². The second-order valence-electron chi connectivity index (χ2n) is 5.82. The number of alkyl halides is 3. The Hall–Kier alpha value is -1.96. The maximum Gasteiger partial charge on any atom is 0.416 e. The summed E-state index contributed by atoms with van der Waals surface area (Å²) < 4.78 is 51.9. The highest BCUT2D eigenvalue weighted by molar-refractivity contribution is 7.15. The Morgan fingerprint density at radius 1 is 1.04 bits per heavy atom. The summed E-state index contributed by atoms with van der Waals surface area (Å²) >= 11 is 7.22. The van der Waals surface area contributed by atoms with Crippen molar-refractivity contribution in [1.82, 2.24) is 4.98 Å². The van der Waals surface area contributed by atoms with E-state index in [-0.39, 0.29) is 6.61 Å². The van der Waals surface area contributed by atoms with Crippen molar-refractivity contribution in [2.45, 2.75) is 25.6 Å². The van der Waals surface area contributed by atoms with Gasteiger partial charge in [-0.2, -0.15) is 13.2 Å². The van der Waals surface area contributed by atoms with Crippen LogP contribution < -0.4 is 0 Å². The van der Waals surface area contributed by atoms with Gasteiger partial charge in [0.15, 0.2) is 0 Å². The van der Waals surface area contributed by atoms with Gasteiger partial charge in [-0.05, 0) is 37.1 Å². The van der Waals surface area contributed by atoms with Crippen LogP contribution in [0.25, 0.3) is 10.6 Å². The van der Waals surface area contributed by atoms with E-state index in [9.17, 15) is 22.7 Å². The lowest BCUT2D eigenvalue weighted by molar-refractivity contribution is -0.137. The molecule has 0 radical (unpaired) electrons. The van der Waals surface area contributed by atoms with Gasteiger partial charge in [-0.15, -0.1) is 11.3 Å². The van der Waals surface area contributed by atoms with Gasteiger partial charge in [0.05, 0.1) is 22.7 Å². The van der Waals surface area contributed by atoms with E-state index in [1.807, 2.05) is 0 Å². The van der Waals surface area contributed by atoms with E-state index in [0.29, 0.717) is 44.6 Å². The molecule has 3 aromatic rings. The van der Waals surface area contributed by atoms with Crippen LogP contribution in [0.1, 0.15) is 21.7 Å². The second-order valence-corrected chi connectivity index (χ2v) is 7.31. The molecule has 1 N–H and O–H groups in total. The van der Waals surface area contributed by atoms with E-state index in [1.54, 1.807) is 6.07 Å². The number of halogens is 5. The van der Waals surface area contributed by atoms with Crippen molar-refractivity contribution in [1.29, 1.82) is 0 Å². The maximum absolute atomic E-state index is 13.9. The van der Waals surface area contributed by atoms with Gasteiger partial charge < -0.3 is 5.11 Å². The summed E-state index contributed by atoms with van der Waals surface area (Å²) in [6.07, 6.45) is -3.75. The van der Waals surface area contributed by atoms with Gasteiger partial charge in [-0.3, -0.25) is 0 Å². The molecule has 0 saturated heterocycles. The van der Waals surface area contributed by atoms with Crippen molar-refractivity contribution in [3.63, 3.8) is 0 Å². The Balaban J connectivity index is 1.83. The van der Waals surface area contributed by atoms with E-state index in [2.05, 4.69) is 4.98 Å². The molecule has 2 nitrogen and oxygen atoms in total. The molecular weight excluding hydrogens is 402 g/mol. The van der Waals surface area contributed by atoms with Crippen molar-refractivity contribution in [2.75, 3.05) is 0 Å². The number of nitrogens with zero attached hydrogens (tertiary/aromatic N) is 1. The molecule has 142 valence electrons. The van der Waals surface area contributed by atoms with Crippen LogP contribution in [0.5, 0.6) is 0 Å². The Labute approximate surface area is 162 Å². The topological polar surface area (TPSA) is 33.1 Å². The third kappa shape index (κ3) is 4.48. The zero-order chi connectivity index (χ0) is 19.6. The standard InChI is InChI=1S/C19H14ClF4NOS/c20-14-2-1-3-15(21)13(14)8-9-16-17(10-26)27-18(25-16)11-4-6-12(7-5-11)19(22,23)24/h1-7,26H,8-10H2. The number of aryl methyl sites for hydroxylation is 1. The van der Waals surface area contributed by atoms with Crippen molar-refractivity contribution >= 4 is 22.9 Å². The number of benzene rings is 2. The summed E-state index contributed by atoms with van der Waals surface area (Å²) in [6.45, 7) is -0.251. The van der Waals surface area contributed by atoms with Gasteiger partial charge >= 0.3 is 6.18 Å². The lowest BCUT2D eigenvalue weighted by Gasteiger charge is -2.06. The molecule has 0 fully saturated rings. The molecule has 0 unspecified atom stereocenters. The number of rotatable bonds is 5. The molecule has 27 heavy (non-hydrogen) atoms. The zero-order valence-electron chi connectivity index (χ0n) is 13.9. The highest BCUT2D eigenvalue weighted by atomic mass is 35.5. The van der Waals surface area contributed by atoms with Crippen molar-refractivity contribution in [2.24, 2.45) is 0 Å². The first-order chi connectivity index (χ1) is 12.8. The van der Waals surface area contributed by atoms with Crippen LogP contribution in [0.3, 0.4) is 0 Å². The van der Waals surface area contributed by atoms with Gasteiger partial charge in [0.1, 0.15) is 10.8 Å². The molecule has 0 saturated carbocycles. The summed E-state index contributed by atoms with van der Waals surface area (Å²) in [5, 5.41) is 10.4. The first kappa shape index (κ1) is 19.8. The van der Waals surface area contributed by atoms with E-state index in [4.69, 9.17) is 11.6 Å². The summed E-state index contributed by atoms with van der Waals surface area (Å²) in [5.41, 5.74) is 0.737. The predicted molar refractivity (Wildman–Crippen MR) is 97.3 cm³/mol. The fraction of sp³-hybridized carbons (Fsp3) is 0.211. The molecule has 2 aromatic carbocycles. The van der Waals surface area contributed by atoms with Crippen LogP contribution in [0.15, 0.2) is 42.5 Å². The SMILES string of the molecule is OCc1sc(-c2ccc(C(F)(F)F)cc2)nc1CCc1c(F)cccc1Cl. The third-order valence-corrected chi connectivity index (χ3v) is 5.54. The average molecular weight is 416 g/mol. The van der Waals surface area contributed by atoms with Gasteiger partial charge in [0.2, 0.25) is 0 Å². The predicted octanol–water partition coefficient (Wildman–Crippen LogP) is 5.90. The number of aromatic nitrogens is 1. The van der Waals surface area contributed by atoms with E-state index < -0.39 is 17.6 Å². The van der Waals surface area contributed by atoms with Crippen LogP contribution in [0.2, 0.25) is 5.02 Å². The third-order valence-electron chi connectivity index (χ3n) is 4.05. The van der Waals surface area contributed by atoms with E-state index >= 15 is 0 Å². The number of aliphatic hydroxyl groups excluding tert-OH is 1. The molecule has 1 heterocycles. The van der Waals surface area contributed by atoms with Gasteiger partial charge in [-0.25, -0.2) is 9.37 Å². The second kappa shape index (κ2) is 7.96. The van der Waals surface area contributed by atoms with E-state index in [1.165, 1.54) is 35.6 Å². The van der Waals surface area contributed by atoms with Crippen LogP contribution in [-0.4, -0.2) is 10.1 Å². The monoisotopic (exact) mass is 415 g/mol. The summed E-state index contributed by atoms with van der Waals surface area (Å²) in [5.74, 6) is -0.411. The van der Waals surface area contributed by atoms with Gasteiger partial charge in [0.25, 0.3) is 0 Å². The molecule has 3 rings (SSSR count). The minimum atomic E-state index is -4.40. The highest BCUT2D eigenvalue weighted by Crippen LogP contribution is 2.33. The number of thiazole rings is 1. The lowest BCUT2D eigenvalue weighted by Crippen LogP contribution is -2.03. The molecular formula is C19H14ClF4NOS. The zero-order valence-corrected chi connectivity index (χ0v) is 15.4. The molecule has 0 atom stereocenters. The number of hydrogen-bond donors (Lipinski definition) is 1. The average Bonchev–Trinajstić information content (AvgIpc) is 3.04. The van der Waals surface area contributed by atoms with Crippen molar-refractivity contribution in [3.8, 4) is 10.6 Å². The molecule has 0 amide bonds. The molecule has 1 aromatic heterocycles. The van der Waals surface area contributed by atoms with Crippen molar-refractivity contribution in [3.05, 3.63) is 75.0 Å². The minimum absolute atomic E-state index is 0.251. The lowest BCUT2D eigenvalue weighted by atomic mass is 10.1.